The molecule has 0 unspecified atom stereocenters. The fraction of sp³-hybridized carbons (Fsp3) is 0.229. The Kier molecular flexibility index (Phi) is 8.38. The number of H-pyrrole nitrogens is 1. The van der Waals surface area contributed by atoms with Gasteiger partial charge in [0.2, 0.25) is 5.91 Å². The third-order valence-corrected chi connectivity index (χ3v) is 7.52. The zero-order valence-electron chi connectivity index (χ0n) is 23.9. The van der Waals surface area contributed by atoms with Gasteiger partial charge in [-0.05, 0) is 68.7 Å². The van der Waals surface area contributed by atoms with Crippen molar-refractivity contribution in [2.75, 3.05) is 0 Å². The van der Waals surface area contributed by atoms with E-state index >= 15 is 0 Å². The zero-order chi connectivity index (χ0) is 29.8. The third-order valence-electron chi connectivity index (χ3n) is 7.52. The van der Waals surface area contributed by atoms with E-state index in [2.05, 4.69) is 10.3 Å². The lowest BCUT2D eigenvalue weighted by molar-refractivity contribution is -0.142. The first-order chi connectivity index (χ1) is 20.2. The number of benzene rings is 3. The minimum absolute atomic E-state index is 0.0483. The van der Waals surface area contributed by atoms with Crippen molar-refractivity contribution < 1.29 is 23.9 Å². The maximum absolute atomic E-state index is 13.7. The van der Waals surface area contributed by atoms with Gasteiger partial charge in [-0.1, -0.05) is 59.7 Å². The summed E-state index contributed by atoms with van der Waals surface area (Å²) >= 11 is 0. The van der Waals surface area contributed by atoms with E-state index < -0.39 is 23.8 Å². The Morgan fingerprint density at radius 1 is 0.881 bits per heavy atom. The molecule has 7 nitrogen and oxygen atoms in total. The number of hydrogen-bond acceptors (Lipinski definition) is 4. The Bertz CT molecular complexity index is 1720. The Morgan fingerprint density at radius 2 is 1.60 bits per heavy atom. The maximum Gasteiger partial charge on any atom is 0.326 e. The normalized spacial score (nSPS) is 12.6. The molecule has 5 rings (SSSR count). The molecule has 0 aliphatic carbocycles. The van der Waals surface area contributed by atoms with Crippen molar-refractivity contribution in [3.8, 4) is 11.3 Å². The number of amides is 1. The number of rotatable bonds is 11. The Morgan fingerprint density at radius 3 is 2.26 bits per heavy atom. The summed E-state index contributed by atoms with van der Waals surface area (Å²) in [6.07, 6.45) is 2.11. The van der Waals surface area contributed by atoms with Gasteiger partial charge in [0.15, 0.2) is 5.78 Å². The monoisotopic (exact) mass is 562 g/mol. The predicted octanol–water partition coefficient (Wildman–Crippen LogP) is 6.60. The summed E-state index contributed by atoms with van der Waals surface area (Å²) in [5.74, 6) is -0.957. The number of carboxylic acid groups (broad SMARTS) is 1. The molecule has 3 aromatic carbocycles. The van der Waals surface area contributed by atoms with Crippen LogP contribution in [0.4, 0.5) is 0 Å². The molecule has 0 spiro atoms. The average Bonchev–Trinajstić information content (AvgIpc) is 3.58. The number of nitrogens with one attached hydrogen (secondary N) is 2. The zero-order valence-corrected chi connectivity index (χ0v) is 23.9. The number of carboxylic acids is 1. The van der Waals surface area contributed by atoms with Crippen LogP contribution in [0, 0.1) is 26.7 Å². The summed E-state index contributed by atoms with van der Waals surface area (Å²) in [6, 6.07) is 23.6. The number of aliphatic carboxylic acids is 1. The van der Waals surface area contributed by atoms with Gasteiger partial charge in [0.1, 0.15) is 17.6 Å². The molecule has 214 valence electrons. The van der Waals surface area contributed by atoms with Gasteiger partial charge < -0.3 is 19.8 Å². The summed E-state index contributed by atoms with van der Waals surface area (Å²) < 4.78 is 5.72. The SMILES string of the molecule is Cc1cc(C)cc(C(=O)C[C@H](Cc2ccc(-c3ccc(C)o3)cc2)C(=O)N[C@@H](Cc2c[nH]c3ccccc23)C(=O)O)c1. The van der Waals surface area contributed by atoms with Crippen LogP contribution in [0.1, 0.15) is 44.8 Å². The summed E-state index contributed by atoms with van der Waals surface area (Å²) in [4.78, 5) is 42.5. The highest BCUT2D eigenvalue weighted by molar-refractivity contribution is 5.99. The van der Waals surface area contributed by atoms with Crippen molar-refractivity contribution in [3.05, 3.63) is 119 Å². The molecule has 2 heterocycles. The number of furan rings is 1. The molecule has 0 radical (unpaired) electrons. The van der Waals surface area contributed by atoms with E-state index in [9.17, 15) is 19.5 Å². The molecule has 0 saturated carbocycles. The minimum atomic E-state index is -1.15. The Balaban J connectivity index is 1.38. The maximum atomic E-state index is 13.7. The van der Waals surface area contributed by atoms with Crippen LogP contribution >= 0.6 is 0 Å². The molecular formula is C35H34N2O5. The first-order valence-corrected chi connectivity index (χ1v) is 14.0. The van der Waals surface area contributed by atoms with E-state index in [0.717, 1.165) is 50.2 Å². The van der Waals surface area contributed by atoms with Gasteiger partial charge in [0.05, 0.1) is 0 Å². The van der Waals surface area contributed by atoms with Gasteiger partial charge >= 0.3 is 5.97 Å². The van der Waals surface area contributed by atoms with E-state index in [1.807, 2.05) is 99.6 Å². The number of carbonyl (C=O) groups is 3. The van der Waals surface area contributed by atoms with Crippen molar-refractivity contribution in [2.45, 2.75) is 46.1 Å². The van der Waals surface area contributed by atoms with Crippen molar-refractivity contribution in [1.29, 1.82) is 0 Å². The number of aryl methyl sites for hydroxylation is 3. The lowest BCUT2D eigenvalue weighted by atomic mass is 9.89. The third kappa shape index (κ3) is 6.69. The largest absolute Gasteiger partial charge is 0.480 e. The molecular weight excluding hydrogens is 528 g/mol. The van der Waals surface area contributed by atoms with Crippen LogP contribution in [0.15, 0.2) is 89.5 Å². The smallest absolute Gasteiger partial charge is 0.326 e. The van der Waals surface area contributed by atoms with Crippen molar-refractivity contribution in [3.63, 3.8) is 0 Å². The summed E-state index contributed by atoms with van der Waals surface area (Å²) in [5, 5.41) is 13.7. The van der Waals surface area contributed by atoms with E-state index in [4.69, 9.17) is 4.42 Å². The second-order valence-electron chi connectivity index (χ2n) is 11.0. The molecule has 0 fully saturated rings. The molecule has 1 amide bonds. The topological polar surface area (TPSA) is 112 Å². The van der Waals surface area contributed by atoms with Crippen LogP contribution in [-0.2, 0) is 22.4 Å². The molecule has 0 saturated heterocycles. The summed E-state index contributed by atoms with van der Waals surface area (Å²) in [5.41, 5.74) is 5.93. The van der Waals surface area contributed by atoms with E-state index in [1.165, 1.54) is 0 Å². The molecule has 2 atom stereocenters. The number of fused-ring (bicyclic) bond motifs is 1. The Labute approximate surface area is 244 Å². The second kappa shape index (κ2) is 12.3. The molecule has 0 bridgehead atoms. The van der Waals surface area contributed by atoms with Crippen molar-refractivity contribution >= 4 is 28.6 Å². The predicted molar refractivity (Wildman–Crippen MR) is 163 cm³/mol. The van der Waals surface area contributed by atoms with Gasteiger partial charge in [-0.15, -0.1) is 0 Å². The molecule has 0 aliphatic rings. The highest BCUT2D eigenvalue weighted by Gasteiger charge is 2.28. The van der Waals surface area contributed by atoms with Crippen molar-refractivity contribution in [1.82, 2.24) is 10.3 Å². The van der Waals surface area contributed by atoms with Crippen LogP contribution in [0.3, 0.4) is 0 Å². The standard InChI is InChI=1S/C35H34N2O5/c1-21-14-22(2)16-26(15-21)32(38)19-27(17-24-9-11-25(12-10-24)33-13-8-23(3)42-33)34(39)37-31(35(40)41)18-28-20-36-30-7-5-4-6-29(28)30/h4-16,20,27,31,36H,17-19H2,1-3H3,(H,37,39)(H,40,41)/t27-,31-/m0/s1. The van der Waals surface area contributed by atoms with E-state index in [0.29, 0.717) is 5.56 Å². The highest BCUT2D eigenvalue weighted by atomic mass is 16.4. The Hall–Kier alpha value is -4.91. The van der Waals surface area contributed by atoms with Crippen LogP contribution in [-0.4, -0.2) is 33.8 Å². The average molecular weight is 563 g/mol. The molecule has 5 aromatic rings. The van der Waals surface area contributed by atoms with Gasteiger partial charge in [-0.25, -0.2) is 4.79 Å². The molecule has 42 heavy (non-hydrogen) atoms. The summed E-state index contributed by atoms with van der Waals surface area (Å²) in [7, 11) is 0. The first kappa shape index (κ1) is 28.6. The van der Waals surface area contributed by atoms with Crippen LogP contribution in [0.2, 0.25) is 0 Å². The van der Waals surface area contributed by atoms with Gasteiger partial charge in [-0.2, -0.15) is 0 Å². The van der Waals surface area contributed by atoms with E-state index in [-0.39, 0.29) is 25.0 Å². The number of para-hydroxylation sites is 1. The summed E-state index contributed by atoms with van der Waals surface area (Å²) in [6.45, 7) is 5.74. The quantitative estimate of drug-likeness (QED) is 0.157. The lowest BCUT2D eigenvalue weighted by Crippen LogP contribution is -2.45. The number of aromatic nitrogens is 1. The molecule has 3 N–H and O–H groups in total. The fourth-order valence-corrected chi connectivity index (χ4v) is 5.42. The first-order valence-electron chi connectivity index (χ1n) is 14.0. The molecule has 2 aromatic heterocycles. The van der Waals surface area contributed by atoms with Gasteiger partial charge in [0.25, 0.3) is 0 Å². The number of Topliss-reactive ketones (excluding diaryl/α,β-unsaturated/α-hetero) is 1. The number of carbonyl (C=O) groups excluding carboxylic acids is 2. The number of hydrogen-bond donors (Lipinski definition) is 3. The lowest BCUT2D eigenvalue weighted by Gasteiger charge is -2.21. The molecule has 7 heteroatoms. The van der Waals surface area contributed by atoms with Crippen LogP contribution < -0.4 is 5.32 Å². The van der Waals surface area contributed by atoms with Crippen LogP contribution in [0.25, 0.3) is 22.2 Å². The minimum Gasteiger partial charge on any atom is -0.480 e. The van der Waals surface area contributed by atoms with E-state index in [1.54, 1.807) is 6.20 Å². The van der Waals surface area contributed by atoms with Gasteiger partial charge in [0, 0.05) is 47.0 Å². The highest BCUT2D eigenvalue weighted by Crippen LogP contribution is 2.25. The molecule has 0 aliphatic heterocycles. The van der Waals surface area contributed by atoms with Crippen LogP contribution in [0.5, 0.6) is 0 Å². The number of aromatic amines is 1. The van der Waals surface area contributed by atoms with Gasteiger partial charge in [-0.3, -0.25) is 9.59 Å². The second-order valence-corrected chi connectivity index (χ2v) is 11.0. The number of ketones is 1. The fourth-order valence-electron chi connectivity index (χ4n) is 5.42. The van der Waals surface area contributed by atoms with Crippen molar-refractivity contribution in [2.24, 2.45) is 5.92 Å².